The quantitative estimate of drug-likeness (QED) is 0.538. The van der Waals surface area contributed by atoms with Crippen LogP contribution in [0.15, 0.2) is 52.9 Å². The van der Waals surface area contributed by atoms with Crippen molar-refractivity contribution in [2.75, 3.05) is 7.11 Å². The highest BCUT2D eigenvalue weighted by atomic mass is 16.6. The maximum Gasteiger partial charge on any atom is 0.380 e. The van der Waals surface area contributed by atoms with E-state index in [9.17, 15) is 4.79 Å². The molecule has 0 aliphatic rings. The summed E-state index contributed by atoms with van der Waals surface area (Å²) >= 11 is 0. The molecule has 1 heterocycles. The van der Waals surface area contributed by atoms with E-state index < -0.39 is 5.97 Å². The first-order valence-corrected chi connectivity index (χ1v) is 6.54. The fraction of sp³-hybridized carbons (Fsp3) is 0.118. The second-order valence-corrected chi connectivity index (χ2v) is 4.59. The number of para-hydroxylation sites is 3. The molecule has 3 rings (SSSR count). The van der Waals surface area contributed by atoms with Gasteiger partial charge in [-0.05, 0) is 25.1 Å². The number of carbonyl (C=O) groups is 1. The lowest BCUT2D eigenvalue weighted by Crippen LogP contribution is -2.09. The van der Waals surface area contributed by atoms with Crippen LogP contribution in [0.1, 0.15) is 16.1 Å². The van der Waals surface area contributed by atoms with Gasteiger partial charge in [-0.25, -0.2) is 4.79 Å². The molecule has 0 saturated heterocycles. The average Bonchev–Trinajstić information content (AvgIpc) is 2.85. The molecule has 0 aliphatic heterocycles. The third kappa shape index (κ3) is 2.36. The molecule has 0 unspecified atom stereocenters. The molecule has 4 nitrogen and oxygen atoms in total. The molecule has 1 aromatic heterocycles. The number of hydrogen-bond acceptors (Lipinski definition) is 4. The number of carbonyl (C=O) groups excluding carboxylic acids is 1. The number of rotatable bonds is 3. The van der Waals surface area contributed by atoms with Crippen molar-refractivity contribution < 1.29 is 18.7 Å². The van der Waals surface area contributed by atoms with Crippen molar-refractivity contribution in [3.8, 4) is 11.5 Å². The molecule has 0 saturated carbocycles. The van der Waals surface area contributed by atoms with Gasteiger partial charge in [-0.15, -0.1) is 0 Å². The van der Waals surface area contributed by atoms with Crippen molar-refractivity contribution in [3.05, 3.63) is 59.9 Å². The first-order chi connectivity index (χ1) is 10.2. The van der Waals surface area contributed by atoms with E-state index in [-0.39, 0.29) is 5.76 Å². The van der Waals surface area contributed by atoms with E-state index in [0.717, 1.165) is 10.9 Å². The van der Waals surface area contributed by atoms with Crippen LogP contribution in [0.3, 0.4) is 0 Å². The standard InChI is InChI=1S/C17H14O4/c1-11-12-7-3-4-8-13(12)20-16(11)17(18)21-15-10-6-5-9-14(15)19-2/h3-10H,1-2H3. The Morgan fingerprint density at radius 2 is 1.67 bits per heavy atom. The predicted octanol–water partition coefficient (Wildman–Crippen LogP) is 3.97. The molecule has 3 aromatic rings. The lowest BCUT2D eigenvalue weighted by molar-refractivity contribution is 0.0698. The van der Waals surface area contributed by atoms with E-state index in [1.54, 1.807) is 18.2 Å². The molecule has 4 heteroatoms. The topological polar surface area (TPSA) is 48.7 Å². The van der Waals surface area contributed by atoms with Crippen LogP contribution in [0, 0.1) is 6.92 Å². The predicted molar refractivity (Wildman–Crippen MR) is 78.9 cm³/mol. The monoisotopic (exact) mass is 282 g/mol. The van der Waals surface area contributed by atoms with Gasteiger partial charge in [0.2, 0.25) is 5.76 Å². The Morgan fingerprint density at radius 1 is 1.00 bits per heavy atom. The summed E-state index contributed by atoms with van der Waals surface area (Å²) in [5.41, 5.74) is 1.44. The molecule has 2 aromatic carbocycles. The summed E-state index contributed by atoms with van der Waals surface area (Å²) in [5.74, 6) is 0.541. The summed E-state index contributed by atoms with van der Waals surface area (Å²) in [5, 5.41) is 0.907. The van der Waals surface area contributed by atoms with Crippen LogP contribution in [0.25, 0.3) is 11.0 Å². The van der Waals surface area contributed by atoms with Crippen LogP contribution in [-0.4, -0.2) is 13.1 Å². The Hall–Kier alpha value is -2.75. The molecule has 0 N–H and O–H groups in total. The van der Waals surface area contributed by atoms with Gasteiger partial charge in [0.05, 0.1) is 7.11 Å². The first-order valence-electron chi connectivity index (χ1n) is 6.54. The molecule has 106 valence electrons. The Labute approximate surface area is 121 Å². The highest BCUT2D eigenvalue weighted by Gasteiger charge is 2.20. The molecular weight excluding hydrogens is 268 g/mol. The average molecular weight is 282 g/mol. The first kappa shape index (κ1) is 13.2. The molecule has 0 amide bonds. The minimum atomic E-state index is -0.534. The number of fused-ring (bicyclic) bond motifs is 1. The summed E-state index contributed by atoms with van der Waals surface area (Å²) in [6, 6.07) is 14.5. The number of ether oxygens (including phenoxy) is 2. The van der Waals surface area contributed by atoms with Gasteiger partial charge in [-0.1, -0.05) is 30.3 Å². The van der Waals surface area contributed by atoms with Crippen LogP contribution < -0.4 is 9.47 Å². The van der Waals surface area contributed by atoms with Gasteiger partial charge in [0.1, 0.15) is 5.58 Å². The van der Waals surface area contributed by atoms with Gasteiger partial charge in [-0.2, -0.15) is 0 Å². The number of methoxy groups -OCH3 is 1. The van der Waals surface area contributed by atoms with E-state index in [1.165, 1.54) is 7.11 Å². The largest absolute Gasteiger partial charge is 0.493 e. The van der Waals surface area contributed by atoms with Gasteiger partial charge in [0, 0.05) is 10.9 Å². The van der Waals surface area contributed by atoms with Crippen LogP contribution in [-0.2, 0) is 0 Å². The van der Waals surface area contributed by atoms with Gasteiger partial charge < -0.3 is 13.9 Å². The number of benzene rings is 2. The molecule has 0 spiro atoms. The van der Waals surface area contributed by atoms with Crippen LogP contribution in [0.2, 0.25) is 0 Å². The second kappa shape index (κ2) is 5.32. The minimum absolute atomic E-state index is 0.210. The van der Waals surface area contributed by atoms with Crippen molar-refractivity contribution in [1.29, 1.82) is 0 Å². The van der Waals surface area contributed by atoms with Crippen LogP contribution in [0.4, 0.5) is 0 Å². The van der Waals surface area contributed by atoms with Gasteiger partial charge in [-0.3, -0.25) is 0 Å². The summed E-state index contributed by atoms with van der Waals surface area (Å²) in [6.07, 6.45) is 0. The van der Waals surface area contributed by atoms with Crippen LogP contribution in [0.5, 0.6) is 11.5 Å². The Balaban J connectivity index is 1.96. The van der Waals surface area contributed by atoms with E-state index in [0.29, 0.717) is 17.1 Å². The molecule has 0 fully saturated rings. The number of aryl methyl sites for hydroxylation is 1. The summed E-state index contributed by atoms with van der Waals surface area (Å²) < 4.78 is 16.1. The summed E-state index contributed by atoms with van der Waals surface area (Å²) in [6.45, 7) is 1.84. The van der Waals surface area contributed by atoms with Crippen molar-refractivity contribution in [2.24, 2.45) is 0 Å². The zero-order valence-electron chi connectivity index (χ0n) is 11.8. The highest BCUT2D eigenvalue weighted by Crippen LogP contribution is 2.29. The van der Waals surface area contributed by atoms with E-state index >= 15 is 0 Å². The fourth-order valence-corrected chi connectivity index (χ4v) is 2.22. The summed E-state index contributed by atoms with van der Waals surface area (Å²) in [4.78, 5) is 12.3. The molecule has 0 atom stereocenters. The number of esters is 1. The van der Waals surface area contributed by atoms with E-state index in [1.807, 2.05) is 37.3 Å². The Kier molecular flexibility index (Phi) is 3.36. The van der Waals surface area contributed by atoms with Gasteiger partial charge in [0.25, 0.3) is 0 Å². The second-order valence-electron chi connectivity index (χ2n) is 4.59. The molecule has 0 aliphatic carbocycles. The maximum atomic E-state index is 12.3. The molecule has 0 radical (unpaired) electrons. The number of furan rings is 1. The van der Waals surface area contributed by atoms with E-state index in [4.69, 9.17) is 13.9 Å². The van der Waals surface area contributed by atoms with Gasteiger partial charge >= 0.3 is 5.97 Å². The maximum absolute atomic E-state index is 12.3. The lowest BCUT2D eigenvalue weighted by Gasteiger charge is -2.07. The fourth-order valence-electron chi connectivity index (χ4n) is 2.22. The zero-order chi connectivity index (χ0) is 14.8. The molecule has 0 bridgehead atoms. The lowest BCUT2D eigenvalue weighted by atomic mass is 10.1. The van der Waals surface area contributed by atoms with Crippen molar-refractivity contribution in [3.63, 3.8) is 0 Å². The Morgan fingerprint density at radius 3 is 2.38 bits per heavy atom. The van der Waals surface area contributed by atoms with Crippen molar-refractivity contribution >= 4 is 16.9 Å². The van der Waals surface area contributed by atoms with Gasteiger partial charge in [0.15, 0.2) is 11.5 Å². The Bertz CT molecular complexity index is 801. The zero-order valence-corrected chi connectivity index (χ0v) is 11.8. The SMILES string of the molecule is COc1ccccc1OC(=O)c1oc2ccccc2c1C. The summed E-state index contributed by atoms with van der Waals surface area (Å²) in [7, 11) is 1.53. The van der Waals surface area contributed by atoms with E-state index in [2.05, 4.69) is 0 Å². The highest BCUT2D eigenvalue weighted by molar-refractivity contribution is 5.96. The molecular formula is C17H14O4. The van der Waals surface area contributed by atoms with Crippen LogP contribution >= 0.6 is 0 Å². The molecule has 21 heavy (non-hydrogen) atoms. The smallest absolute Gasteiger partial charge is 0.380 e. The van der Waals surface area contributed by atoms with Crippen molar-refractivity contribution in [1.82, 2.24) is 0 Å². The minimum Gasteiger partial charge on any atom is -0.493 e. The van der Waals surface area contributed by atoms with Crippen molar-refractivity contribution in [2.45, 2.75) is 6.92 Å². The normalized spacial score (nSPS) is 10.6. The third-order valence-electron chi connectivity index (χ3n) is 3.30. The number of hydrogen-bond donors (Lipinski definition) is 0. The third-order valence-corrected chi connectivity index (χ3v) is 3.30.